The molecule has 1 fully saturated rings. The van der Waals surface area contributed by atoms with Crippen molar-refractivity contribution in [3.05, 3.63) is 70.9 Å². The van der Waals surface area contributed by atoms with Crippen LogP contribution in [0.15, 0.2) is 69.6 Å². The summed E-state index contributed by atoms with van der Waals surface area (Å²) in [6.07, 6.45) is 4.42. The number of furan rings is 1. The molecule has 2 heterocycles. The number of hydrogen-bond acceptors (Lipinski definition) is 6. The maximum absolute atomic E-state index is 6.06. The molecule has 34 heavy (non-hydrogen) atoms. The highest BCUT2D eigenvalue weighted by molar-refractivity contribution is 9.10. The lowest BCUT2D eigenvalue weighted by Gasteiger charge is -2.30. The van der Waals surface area contributed by atoms with Gasteiger partial charge in [-0.15, -0.1) is 0 Å². The summed E-state index contributed by atoms with van der Waals surface area (Å²) in [6.45, 7) is 0.749. The smallest absolute Gasteiger partial charge is 0.225 e. The van der Waals surface area contributed by atoms with Crippen LogP contribution in [0, 0.1) is 0 Å². The summed E-state index contributed by atoms with van der Waals surface area (Å²) in [5.74, 6) is 3.54. The number of nitrogens with one attached hydrogen (secondary N) is 2. The van der Waals surface area contributed by atoms with Gasteiger partial charge < -0.3 is 20.0 Å². The first-order valence-electron chi connectivity index (χ1n) is 11.8. The van der Waals surface area contributed by atoms with Gasteiger partial charge in [0.05, 0.1) is 12.1 Å². The number of rotatable bonds is 7. The van der Waals surface area contributed by atoms with Gasteiger partial charge in [-0.05, 0) is 62.1 Å². The van der Waals surface area contributed by atoms with E-state index in [-0.39, 0.29) is 0 Å². The topological polar surface area (TPSA) is 66.2 Å². The lowest BCUT2D eigenvalue weighted by atomic mass is 9.91. The number of nitrogens with zero attached hydrogens (tertiary/aromatic N) is 3. The predicted octanol–water partition coefficient (Wildman–Crippen LogP) is 6.23. The van der Waals surface area contributed by atoms with Gasteiger partial charge >= 0.3 is 0 Å². The van der Waals surface area contributed by atoms with E-state index in [0.717, 1.165) is 76.5 Å². The van der Waals surface area contributed by atoms with Crippen molar-refractivity contribution in [3.63, 3.8) is 0 Å². The van der Waals surface area contributed by atoms with E-state index in [4.69, 9.17) is 14.4 Å². The highest BCUT2D eigenvalue weighted by Crippen LogP contribution is 2.27. The summed E-state index contributed by atoms with van der Waals surface area (Å²) in [6, 6.07) is 21.4. The Morgan fingerprint density at radius 3 is 2.41 bits per heavy atom. The maximum atomic E-state index is 6.06. The minimum atomic E-state index is 0.391. The molecule has 5 rings (SSSR count). The molecule has 1 saturated carbocycles. The number of fused-ring (bicyclic) bond motifs is 1. The van der Waals surface area contributed by atoms with Gasteiger partial charge in [-0.3, -0.25) is 0 Å². The second kappa shape index (κ2) is 10.2. The third-order valence-corrected chi connectivity index (χ3v) is 6.95. The molecule has 0 bridgehead atoms. The van der Waals surface area contributed by atoms with Crippen molar-refractivity contribution in [2.24, 2.45) is 0 Å². The maximum Gasteiger partial charge on any atom is 0.225 e. The zero-order valence-electron chi connectivity index (χ0n) is 19.6. The Kier molecular flexibility index (Phi) is 6.83. The van der Waals surface area contributed by atoms with Crippen molar-refractivity contribution >= 4 is 38.6 Å². The minimum Gasteiger partial charge on any atom is -0.460 e. The molecule has 0 saturated heterocycles. The van der Waals surface area contributed by atoms with Crippen molar-refractivity contribution in [2.75, 3.05) is 24.3 Å². The lowest BCUT2D eigenvalue weighted by molar-refractivity contribution is 0.341. The minimum absolute atomic E-state index is 0.391. The van der Waals surface area contributed by atoms with Crippen LogP contribution in [0.1, 0.15) is 31.4 Å². The normalized spacial score (nSPS) is 18.2. The summed E-state index contributed by atoms with van der Waals surface area (Å²) in [7, 11) is 4.05. The Morgan fingerprint density at radius 1 is 0.912 bits per heavy atom. The predicted molar refractivity (Wildman–Crippen MR) is 142 cm³/mol. The number of aromatic nitrogens is 2. The molecule has 0 amide bonds. The summed E-state index contributed by atoms with van der Waals surface area (Å²) in [5.41, 5.74) is 2.06. The monoisotopic (exact) mass is 519 g/mol. The van der Waals surface area contributed by atoms with Crippen LogP contribution in [-0.4, -0.2) is 36.1 Å². The van der Waals surface area contributed by atoms with Gasteiger partial charge in [0.2, 0.25) is 5.95 Å². The largest absolute Gasteiger partial charge is 0.460 e. The number of halogens is 1. The molecular formula is C27H30BrN5O. The molecule has 0 radical (unpaired) electrons. The van der Waals surface area contributed by atoms with Crippen LogP contribution in [0.5, 0.6) is 0 Å². The molecule has 1 aliphatic carbocycles. The van der Waals surface area contributed by atoms with Crippen molar-refractivity contribution in [3.8, 4) is 11.3 Å². The zero-order chi connectivity index (χ0) is 23.5. The standard InChI is InChI=1S/C27H30BrN5O/c1-33(2)26-23-5-3-4-6-24(23)31-27(32-26)30-21-13-11-20(12-14-21)29-17-22-15-16-25(34-22)18-7-9-19(28)10-8-18/h3-10,15-16,20-21,29H,11-14,17H2,1-2H3,(H,30,31,32)/t20-,21+. The van der Waals surface area contributed by atoms with Gasteiger partial charge in [0, 0.05) is 41.6 Å². The molecule has 0 atom stereocenters. The van der Waals surface area contributed by atoms with Crippen LogP contribution in [0.25, 0.3) is 22.2 Å². The summed E-state index contributed by atoms with van der Waals surface area (Å²) in [5, 5.41) is 8.34. The molecule has 6 nitrogen and oxygen atoms in total. The molecule has 1 aliphatic rings. The molecule has 2 N–H and O–H groups in total. The zero-order valence-corrected chi connectivity index (χ0v) is 21.2. The molecule has 7 heteroatoms. The molecule has 0 unspecified atom stereocenters. The number of benzene rings is 2. The van der Waals surface area contributed by atoms with Crippen molar-refractivity contribution in [1.29, 1.82) is 0 Å². The van der Waals surface area contributed by atoms with Crippen LogP contribution in [0.4, 0.5) is 11.8 Å². The molecule has 2 aromatic carbocycles. The van der Waals surface area contributed by atoms with Gasteiger partial charge in [-0.2, -0.15) is 4.98 Å². The van der Waals surface area contributed by atoms with E-state index in [9.17, 15) is 0 Å². The summed E-state index contributed by atoms with van der Waals surface area (Å²) in [4.78, 5) is 11.6. The van der Waals surface area contributed by atoms with E-state index in [1.165, 1.54) is 0 Å². The fourth-order valence-electron chi connectivity index (χ4n) is 4.58. The Morgan fingerprint density at radius 2 is 1.65 bits per heavy atom. The third-order valence-electron chi connectivity index (χ3n) is 6.42. The van der Waals surface area contributed by atoms with Crippen LogP contribution < -0.4 is 15.5 Å². The SMILES string of the molecule is CN(C)c1nc(N[C@H]2CC[C@@H](NCc3ccc(-c4ccc(Br)cc4)o3)CC2)nc2ccccc12. The van der Waals surface area contributed by atoms with Crippen molar-refractivity contribution < 1.29 is 4.42 Å². The van der Waals surface area contributed by atoms with E-state index < -0.39 is 0 Å². The Balaban J connectivity index is 1.14. The van der Waals surface area contributed by atoms with Gasteiger partial charge in [0.1, 0.15) is 17.3 Å². The highest BCUT2D eigenvalue weighted by Gasteiger charge is 2.22. The van der Waals surface area contributed by atoms with E-state index in [1.54, 1.807) is 0 Å². The molecule has 176 valence electrons. The van der Waals surface area contributed by atoms with E-state index in [2.05, 4.69) is 50.8 Å². The quantitative estimate of drug-likeness (QED) is 0.301. The first-order valence-corrected chi connectivity index (χ1v) is 12.6. The second-order valence-electron chi connectivity index (χ2n) is 9.13. The van der Waals surface area contributed by atoms with Gasteiger partial charge in [0.25, 0.3) is 0 Å². The fraction of sp³-hybridized carbons (Fsp3) is 0.333. The average Bonchev–Trinajstić information content (AvgIpc) is 3.32. The lowest BCUT2D eigenvalue weighted by Crippen LogP contribution is -2.36. The van der Waals surface area contributed by atoms with E-state index in [1.807, 2.05) is 55.4 Å². The number of anilines is 2. The molecule has 4 aromatic rings. The third kappa shape index (κ3) is 5.26. The number of hydrogen-bond donors (Lipinski definition) is 2. The van der Waals surface area contributed by atoms with Gasteiger partial charge in [-0.1, -0.05) is 40.2 Å². The molecular weight excluding hydrogens is 490 g/mol. The highest BCUT2D eigenvalue weighted by atomic mass is 79.9. The Hall–Kier alpha value is -2.90. The Bertz CT molecular complexity index is 1250. The van der Waals surface area contributed by atoms with Crippen LogP contribution >= 0.6 is 15.9 Å². The van der Waals surface area contributed by atoms with Crippen LogP contribution in [0.3, 0.4) is 0 Å². The second-order valence-corrected chi connectivity index (χ2v) is 10.0. The van der Waals surface area contributed by atoms with Crippen LogP contribution in [-0.2, 0) is 6.54 Å². The molecule has 0 aliphatic heterocycles. The number of para-hydroxylation sites is 1. The molecule has 0 spiro atoms. The van der Waals surface area contributed by atoms with E-state index >= 15 is 0 Å². The van der Waals surface area contributed by atoms with Crippen molar-refractivity contribution in [1.82, 2.24) is 15.3 Å². The van der Waals surface area contributed by atoms with Crippen molar-refractivity contribution in [2.45, 2.75) is 44.3 Å². The fourth-order valence-corrected chi connectivity index (χ4v) is 4.84. The first-order chi connectivity index (χ1) is 16.5. The van der Waals surface area contributed by atoms with E-state index in [0.29, 0.717) is 12.1 Å². The van der Waals surface area contributed by atoms with Crippen LogP contribution in [0.2, 0.25) is 0 Å². The first kappa shape index (κ1) is 22.9. The average molecular weight is 520 g/mol. The molecule has 2 aromatic heterocycles. The van der Waals surface area contributed by atoms with Gasteiger partial charge in [0.15, 0.2) is 0 Å². The summed E-state index contributed by atoms with van der Waals surface area (Å²) >= 11 is 3.48. The summed E-state index contributed by atoms with van der Waals surface area (Å²) < 4.78 is 7.13. The Labute approximate surface area is 208 Å². The van der Waals surface area contributed by atoms with Gasteiger partial charge in [-0.25, -0.2) is 4.98 Å².